The van der Waals surface area contributed by atoms with Crippen LogP contribution >= 0.6 is 11.8 Å². The van der Waals surface area contributed by atoms with Gasteiger partial charge in [0, 0.05) is 11.3 Å². The molecule has 0 aromatic rings. The van der Waals surface area contributed by atoms with Gasteiger partial charge >= 0.3 is 0 Å². The standard InChI is InChI=1S/C11H21NOS/c1-9(2)6-10(12,7-9)11(13)4-3-5-14-8-11/h13H,3-8,12H2,1-2H3. The SMILES string of the molecule is CC1(C)CC(N)(C2(O)CCCSC2)C1. The Labute approximate surface area is 90.6 Å². The molecule has 0 radical (unpaired) electrons. The minimum atomic E-state index is -0.592. The summed E-state index contributed by atoms with van der Waals surface area (Å²) in [4.78, 5) is 0. The van der Waals surface area contributed by atoms with E-state index in [2.05, 4.69) is 13.8 Å². The van der Waals surface area contributed by atoms with Gasteiger partial charge in [-0.05, 0) is 36.9 Å². The molecule has 1 saturated heterocycles. The molecule has 82 valence electrons. The molecule has 3 N–H and O–H groups in total. The van der Waals surface area contributed by atoms with Gasteiger partial charge in [0.1, 0.15) is 0 Å². The first-order valence-electron chi connectivity index (χ1n) is 5.46. The summed E-state index contributed by atoms with van der Waals surface area (Å²) in [5.41, 5.74) is 5.77. The van der Waals surface area contributed by atoms with Crippen LogP contribution in [0.3, 0.4) is 0 Å². The Hall–Kier alpha value is 0.270. The highest BCUT2D eigenvalue weighted by atomic mass is 32.2. The maximum Gasteiger partial charge on any atom is 0.0916 e. The quantitative estimate of drug-likeness (QED) is 0.700. The van der Waals surface area contributed by atoms with E-state index in [1.54, 1.807) is 0 Å². The van der Waals surface area contributed by atoms with Crippen molar-refractivity contribution in [3.63, 3.8) is 0 Å². The van der Waals surface area contributed by atoms with E-state index in [-0.39, 0.29) is 5.54 Å². The number of rotatable bonds is 1. The van der Waals surface area contributed by atoms with Crippen LogP contribution in [0, 0.1) is 5.41 Å². The van der Waals surface area contributed by atoms with Crippen LogP contribution in [0.15, 0.2) is 0 Å². The molecule has 1 heterocycles. The molecule has 0 spiro atoms. The molecule has 3 heteroatoms. The van der Waals surface area contributed by atoms with Crippen LogP contribution in [0.5, 0.6) is 0 Å². The first kappa shape index (κ1) is 10.8. The lowest BCUT2D eigenvalue weighted by molar-refractivity contribution is -0.108. The predicted molar refractivity (Wildman–Crippen MR) is 61.4 cm³/mol. The summed E-state index contributed by atoms with van der Waals surface area (Å²) < 4.78 is 0. The van der Waals surface area contributed by atoms with Crippen molar-refractivity contribution in [1.82, 2.24) is 0 Å². The van der Waals surface area contributed by atoms with Gasteiger partial charge in [-0.1, -0.05) is 13.8 Å². The molecule has 2 aliphatic rings. The minimum Gasteiger partial charge on any atom is -0.387 e. The Morgan fingerprint density at radius 3 is 2.36 bits per heavy atom. The summed E-state index contributed by atoms with van der Waals surface area (Å²) in [7, 11) is 0. The van der Waals surface area contributed by atoms with E-state index in [1.807, 2.05) is 11.8 Å². The number of thioether (sulfide) groups is 1. The van der Waals surface area contributed by atoms with Crippen molar-refractivity contribution in [3.05, 3.63) is 0 Å². The molecule has 2 fully saturated rings. The zero-order valence-electron chi connectivity index (χ0n) is 9.18. The molecular weight excluding hydrogens is 194 g/mol. The smallest absolute Gasteiger partial charge is 0.0916 e. The lowest BCUT2D eigenvalue weighted by Crippen LogP contribution is -2.71. The molecule has 1 aliphatic carbocycles. The summed E-state index contributed by atoms with van der Waals surface area (Å²) >= 11 is 1.85. The normalized spacial score (nSPS) is 40.3. The van der Waals surface area contributed by atoms with Gasteiger partial charge in [0.15, 0.2) is 0 Å². The highest BCUT2D eigenvalue weighted by molar-refractivity contribution is 7.99. The van der Waals surface area contributed by atoms with E-state index in [0.717, 1.165) is 31.4 Å². The van der Waals surface area contributed by atoms with Crippen LogP contribution in [0.4, 0.5) is 0 Å². The van der Waals surface area contributed by atoms with Gasteiger partial charge < -0.3 is 10.8 Å². The van der Waals surface area contributed by atoms with Crippen LogP contribution < -0.4 is 5.73 Å². The number of aliphatic hydroxyl groups is 1. The van der Waals surface area contributed by atoms with Crippen molar-refractivity contribution in [2.45, 2.75) is 50.7 Å². The average molecular weight is 215 g/mol. The van der Waals surface area contributed by atoms with Crippen LogP contribution in [0.1, 0.15) is 39.5 Å². The van der Waals surface area contributed by atoms with Crippen LogP contribution in [-0.2, 0) is 0 Å². The summed E-state index contributed by atoms with van der Waals surface area (Å²) in [5, 5.41) is 10.5. The third kappa shape index (κ3) is 1.59. The fourth-order valence-electron chi connectivity index (χ4n) is 3.16. The van der Waals surface area contributed by atoms with Crippen molar-refractivity contribution in [3.8, 4) is 0 Å². The van der Waals surface area contributed by atoms with Crippen molar-refractivity contribution in [2.24, 2.45) is 11.1 Å². The monoisotopic (exact) mass is 215 g/mol. The predicted octanol–water partition coefficient (Wildman–Crippen LogP) is 1.76. The van der Waals surface area contributed by atoms with Crippen molar-refractivity contribution < 1.29 is 5.11 Å². The second-order valence-corrected chi connectivity index (χ2v) is 6.97. The van der Waals surface area contributed by atoms with E-state index in [4.69, 9.17) is 5.73 Å². The Balaban J connectivity index is 2.07. The third-order valence-electron chi connectivity index (χ3n) is 3.73. The van der Waals surface area contributed by atoms with E-state index in [1.165, 1.54) is 5.75 Å². The van der Waals surface area contributed by atoms with Crippen LogP contribution in [0.25, 0.3) is 0 Å². The maximum atomic E-state index is 10.5. The van der Waals surface area contributed by atoms with Gasteiger partial charge in [0.2, 0.25) is 0 Å². The molecule has 1 saturated carbocycles. The average Bonchev–Trinajstić information content (AvgIpc) is 2.01. The molecule has 0 bridgehead atoms. The van der Waals surface area contributed by atoms with E-state index < -0.39 is 5.60 Å². The molecule has 14 heavy (non-hydrogen) atoms. The van der Waals surface area contributed by atoms with Gasteiger partial charge in [0.25, 0.3) is 0 Å². The highest BCUT2D eigenvalue weighted by Gasteiger charge is 2.58. The highest BCUT2D eigenvalue weighted by Crippen LogP contribution is 2.53. The number of nitrogens with two attached hydrogens (primary N) is 1. The second-order valence-electron chi connectivity index (χ2n) is 5.86. The maximum absolute atomic E-state index is 10.5. The summed E-state index contributed by atoms with van der Waals surface area (Å²) in [6, 6.07) is 0. The summed E-state index contributed by atoms with van der Waals surface area (Å²) in [5.74, 6) is 2.02. The number of hydrogen-bond donors (Lipinski definition) is 2. The Morgan fingerprint density at radius 1 is 1.29 bits per heavy atom. The van der Waals surface area contributed by atoms with E-state index >= 15 is 0 Å². The zero-order valence-corrected chi connectivity index (χ0v) is 9.99. The first-order chi connectivity index (χ1) is 6.37. The molecular formula is C11H21NOS. The third-order valence-corrected chi connectivity index (χ3v) is 4.99. The van der Waals surface area contributed by atoms with Crippen molar-refractivity contribution >= 4 is 11.8 Å². The molecule has 1 aliphatic heterocycles. The number of hydrogen-bond acceptors (Lipinski definition) is 3. The van der Waals surface area contributed by atoms with E-state index in [9.17, 15) is 5.11 Å². The molecule has 0 aromatic heterocycles. The molecule has 0 amide bonds. The molecule has 1 unspecified atom stereocenters. The van der Waals surface area contributed by atoms with Gasteiger partial charge in [-0.25, -0.2) is 0 Å². The van der Waals surface area contributed by atoms with Crippen molar-refractivity contribution in [1.29, 1.82) is 0 Å². The second kappa shape index (κ2) is 3.13. The van der Waals surface area contributed by atoms with Gasteiger partial charge in [-0.2, -0.15) is 11.8 Å². The fourth-order valence-corrected chi connectivity index (χ4v) is 4.42. The fraction of sp³-hybridized carbons (Fsp3) is 1.00. The lowest BCUT2D eigenvalue weighted by atomic mass is 9.53. The van der Waals surface area contributed by atoms with Crippen LogP contribution in [0.2, 0.25) is 0 Å². The lowest BCUT2D eigenvalue weighted by Gasteiger charge is -2.59. The van der Waals surface area contributed by atoms with E-state index in [0.29, 0.717) is 5.41 Å². The largest absolute Gasteiger partial charge is 0.387 e. The Morgan fingerprint density at radius 2 is 1.93 bits per heavy atom. The van der Waals surface area contributed by atoms with Gasteiger partial charge in [0.05, 0.1) is 5.60 Å². The Bertz CT molecular complexity index is 225. The van der Waals surface area contributed by atoms with Gasteiger partial charge in [-0.3, -0.25) is 0 Å². The summed E-state index contributed by atoms with van der Waals surface area (Å²) in [6.07, 6.45) is 3.95. The Kier molecular flexibility index (Phi) is 2.41. The first-order valence-corrected chi connectivity index (χ1v) is 6.62. The summed E-state index contributed by atoms with van der Waals surface area (Å²) in [6.45, 7) is 4.47. The molecule has 2 rings (SSSR count). The van der Waals surface area contributed by atoms with Crippen LogP contribution in [-0.4, -0.2) is 27.8 Å². The zero-order chi connectivity index (χ0) is 10.4. The van der Waals surface area contributed by atoms with Gasteiger partial charge in [-0.15, -0.1) is 0 Å². The molecule has 0 aromatic carbocycles. The topological polar surface area (TPSA) is 46.2 Å². The minimum absolute atomic E-state index is 0.302. The molecule has 2 nitrogen and oxygen atoms in total. The molecule has 1 atom stereocenters. The van der Waals surface area contributed by atoms with Crippen molar-refractivity contribution in [2.75, 3.05) is 11.5 Å².